The van der Waals surface area contributed by atoms with Crippen molar-refractivity contribution in [2.75, 3.05) is 25.1 Å². The number of nitrogens with one attached hydrogen (secondary N) is 1. The van der Waals surface area contributed by atoms with Crippen LogP contribution >= 0.6 is 11.3 Å². The molecular weight excluding hydrogens is 402 g/mol. The van der Waals surface area contributed by atoms with Crippen LogP contribution in [0.5, 0.6) is 5.75 Å². The van der Waals surface area contributed by atoms with Crippen LogP contribution in [0, 0.1) is 17.8 Å². The second-order valence-electron chi connectivity index (χ2n) is 8.63. The lowest BCUT2D eigenvalue weighted by molar-refractivity contribution is -0.131. The lowest BCUT2D eigenvalue weighted by Gasteiger charge is -2.23. The summed E-state index contributed by atoms with van der Waals surface area (Å²) in [6, 6.07) is 5.69. The van der Waals surface area contributed by atoms with Crippen molar-refractivity contribution >= 4 is 38.5 Å². The molecule has 0 aliphatic carbocycles. The number of hydrogen-bond acceptors (Lipinski definition) is 6. The number of nitrogens with zero attached hydrogens (tertiary/aromatic N) is 2. The monoisotopic (exact) mass is 427 g/mol. The van der Waals surface area contributed by atoms with Crippen molar-refractivity contribution in [3.8, 4) is 5.75 Å². The largest absolute Gasteiger partial charge is 0.497 e. The Hall–Kier alpha value is -2.45. The van der Waals surface area contributed by atoms with Gasteiger partial charge in [-0.3, -0.25) is 14.5 Å². The summed E-state index contributed by atoms with van der Waals surface area (Å²) in [6.45, 7) is 5.24. The van der Waals surface area contributed by atoms with Crippen molar-refractivity contribution in [3.05, 3.63) is 30.4 Å². The predicted molar refractivity (Wildman–Crippen MR) is 115 cm³/mol. The van der Waals surface area contributed by atoms with E-state index in [4.69, 9.17) is 9.47 Å². The van der Waals surface area contributed by atoms with E-state index in [0.29, 0.717) is 24.1 Å². The summed E-state index contributed by atoms with van der Waals surface area (Å²) in [6.07, 6.45) is 4.47. The van der Waals surface area contributed by atoms with Crippen LogP contribution in [0.1, 0.15) is 20.3 Å². The highest BCUT2D eigenvalue weighted by atomic mass is 32.1. The van der Waals surface area contributed by atoms with Crippen LogP contribution in [0.25, 0.3) is 10.2 Å². The Balaban J connectivity index is 1.41. The van der Waals surface area contributed by atoms with Gasteiger partial charge in [0.15, 0.2) is 5.13 Å². The minimum absolute atomic E-state index is 0.0862. The van der Waals surface area contributed by atoms with Gasteiger partial charge in [0.25, 0.3) is 0 Å². The molecule has 1 spiro atoms. The molecular formula is C22H25N3O4S. The molecule has 7 nitrogen and oxygen atoms in total. The Morgan fingerprint density at radius 1 is 1.47 bits per heavy atom. The number of carbonyl (C=O) groups excluding carboxylic acids is 2. The maximum absolute atomic E-state index is 13.4. The van der Waals surface area contributed by atoms with Gasteiger partial charge in [-0.15, -0.1) is 0 Å². The van der Waals surface area contributed by atoms with Gasteiger partial charge in [0.1, 0.15) is 11.4 Å². The summed E-state index contributed by atoms with van der Waals surface area (Å²) >= 11 is 1.46. The zero-order chi connectivity index (χ0) is 21.0. The lowest BCUT2D eigenvalue weighted by Crippen LogP contribution is -2.44. The molecule has 8 heteroatoms. The van der Waals surface area contributed by atoms with E-state index in [0.717, 1.165) is 22.4 Å². The molecule has 3 aliphatic heterocycles. The van der Waals surface area contributed by atoms with Crippen LogP contribution in [-0.4, -0.2) is 48.7 Å². The summed E-state index contributed by atoms with van der Waals surface area (Å²) in [7, 11) is 1.62. The number of methoxy groups -OCH3 is 1. The molecule has 1 aromatic heterocycles. The molecule has 2 saturated heterocycles. The second kappa shape index (κ2) is 7.06. The molecule has 1 N–H and O–H groups in total. The molecule has 0 unspecified atom stereocenters. The van der Waals surface area contributed by atoms with Crippen LogP contribution in [0.4, 0.5) is 5.13 Å². The van der Waals surface area contributed by atoms with Gasteiger partial charge < -0.3 is 14.8 Å². The van der Waals surface area contributed by atoms with Crippen molar-refractivity contribution in [1.29, 1.82) is 0 Å². The fraction of sp³-hybridized carbons (Fsp3) is 0.500. The number of carbonyl (C=O) groups is 2. The van der Waals surface area contributed by atoms with Crippen LogP contribution in [0.15, 0.2) is 30.4 Å². The van der Waals surface area contributed by atoms with E-state index >= 15 is 0 Å². The highest BCUT2D eigenvalue weighted by Crippen LogP contribution is 2.53. The van der Waals surface area contributed by atoms with Crippen LogP contribution in [-0.2, 0) is 14.3 Å². The van der Waals surface area contributed by atoms with Gasteiger partial charge in [-0.05, 0) is 24.5 Å². The number of benzene rings is 1. The Morgan fingerprint density at radius 3 is 3.07 bits per heavy atom. The van der Waals surface area contributed by atoms with E-state index in [-0.39, 0.29) is 17.9 Å². The van der Waals surface area contributed by atoms with Crippen molar-refractivity contribution in [2.45, 2.75) is 32.0 Å². The smallest absolute Gasteiger partial charge is 0.236 e. The van der Waals surface area contributed by atoms with Gasteiger partial charge in [-0.1, -0.05) is 37.3 Å². The van der Waals surface area contributed by atoms with Gasteiger partial charge >= 0.3 is 0 Å². The first-order chi connectivity index (χ1) is 14.4. The second-order valence-corrected chi connectivity index (χ2v) is 9.64. The summed E-state index contributed by atoms with van der Waals surface area (Å²) in [5.41, 5.74) is 0.0533. The van der Waals surface area contributed by atoms with E-state index in [1.54, 1.807) is 12.0 Å². The summed E-state index contributed by atoms with van der Waals surface area (Å²) in [5.74, 6) is 0.0555. The van der Waals surface area contributed by atoms with E-state index in [2.05, 4.69) is 24.1 Å². The number of hydrogen-bond donors (Lipinski definition) is 1. The molecule has 0 radical (unpaired) electrons. The summed E-state index contributed by atoms with van der Waals surface area (Å²) in [5, 5.41) is 3.64. The molecule has 30 heavy (non-hydrogen) atoms. The van der Waals surface area contributed by atoms with Crippen LogP contribution < -0.4 is 15.0 Å². The Labute approximate surface area is 179 Å². The standard InChI is InChI=1S/C22H25N3O4S/c1-12(2)7-9-23-19(26)17-15-6-8-22(29-15)11-25(20(27)18(17)22)21-24-14-10-13(28-3)4-5-16(14)30-21/h4-6,8,10,12,15,17-18H,7,9,11H2,1-3H3,(H,23,26)/t15-,17-,18-,22-/m1/s1. The highest BCUT2D eigenvalue weighted by Gasteiger charge is 2.67. The molecule has 4 heterocycles. The van der Waals surface area contributed by atoms with Gasteiger partial charge in [0.2, 0.25) is 11.8 Å². The zero-order valence-corrected chi connectivity index (χ0v) is 18.1. The average Bonchev–Trinajstić information content (AvgIpc) is 3.45. The van der Waals surface area contributed by atoms with Gasteiger partial charge in [-0.25, -0.2) is 4.98 Å². The van der Waals surface area contributed by atoms with Gasteiger partial charge in [-0.2, -0.15) is 0 Å². The summed E-state index contributed by atoms with van der Waals surface area (Å²) < 4.78 is 12.5. The van der Waals surface area contributed by atoms with Crippen molar-refractivity contribution < 1.29 is 19.1 Å². The molecule has 4 atom stereocenters. The maximum atomic E-state index is 13.4. The quantitative estimate of drug-likeness (QED) is 0.717. The Bertz CT molecular complexity index is 1050. The third kappa shape index (κ3) is 2.93. The number of thiazole rings is 1. The first kappa shape index (κ1) is 19.5. The zero-order valence-electron chi connectivity index (χ0n) is 17.3. The normalized spacial score (nSPS) is 29.3. The molecule has 2 fully saturated rings. The third-order valence-electron chi connectivity index (χ3n) is 6.24. The molecule has 2 aromatic rings. The topological polar surface area (TPSA) is 80.8 Å². The molecule has 0 saturated carbocycles. The number of aromatic nitrogens is 1. The average molecular weight is 428 g/mol. The minimum Gasteiger partial charge on any atom is -0.497 e. The Kier molecular flexibility index (Phi) is 4.59. The number of anilines is 1. The summed E-state index contributed by atoms with van der Waals surface area (Å²) in [4.78, 5) is 32.7. The lowest BCUT2D eigenvalue weighted by atomic mass is 9.77. The van der Waals surface area contributed by atoms with Crippen LogP contribution in [0.3, 0.4) is 0 Å². The van der Waals surface area contributed by atoms with E-state index < -0.39 is 17.4 Å². The van der Waals surface area contributed by atoms with E-state index in [1.807, 2.05) is 30.4 Å². The first-order valence-electron chi connectivity index (χ1n) is 10.3. The van der Waals surface area contributed by atoms with E-state index in [9.17, 15) is 9.59 Å². The number of fused-ring (bicyclic) bond motifs is 2. The fourth-order valence-corrected chi connectivity index (χ4v) is 5.65. The fourth-order valence-electron chi connectivity index (χ4n) is 4.70. The van der Waals surface area contributed by atoms with Crippen molar-refractivity contribution in [2.24, 2.45) is 17.8 Å². The van der Waals surface area contributed by atoms with Gasteiger partial charge in [0.05, 0.1) is 41.8 Å². The molecule has 5 rings (SSSR count). The van der Waals surface area contributed by atoms with Crippen molar-refractivity contribution in [3.63, 3.8) is 0 Å². The molecule has 3 aliphatic rings. The minimum atomic E-state index is -0.739. The molecule has 158 valence electrons. The number of rotatable bonds is 6. The maximum Gasteiger partial charge on any atom is 0.236 e. The van der Waals surface area contributed by atoms with Gasteiger partial charge in [0, 0.05) is 12.6 Å². The third-order valence-corrected chi connectivity index (χ3v) is 7.30. The first-order valence-corrected chi connectivity index (χ1v) is 11.1. The molecule has 2 bridgehead atoms. The SMILES string of the molecule is COc1ccc2sc(N3C[C@@]45C=C[C@@H](O4)[C@@H](C(=O)NCCC(C)C)[C@@H]5C3=O)nc2c1. The number of ether oxygens (including phenoxy) is 2. The van der Waals surface area contributed by atoms with Crippen molar-refractivity contribution in [1.82, 2.24) is 10.3 Å². The Morgan fingerprint density at radius 2 is 2.30 bits per heavy atom. The van der Waals surface area contributed by atoms with E-state index in [1.165, 1.54) is 11.3 Å². The van der Waals surface area contributed by atoms with Crippen LogP contribution in [0.2, 0.25) is 0 Å². The molecule has 1 aromatic carbocycles. The molecule has 2 amide bonds. The predicted octanol–water partition coefficient (Wildman–Crippen LogP) is 2.75. The number of amides is 2. The highest BCUT2D eigenvalue weighted by molar-refractivity contribution is 7.22.